The first-order valence-electron chi connectivity index (χ1n) is 13.2. The van der Waals surface area contributed by atoms with E-state index in [0.717, 1.165) is 50.9 Å². The largest absolute Gasteiger partial charge is 0.492 e. The highest BCUT2D eigenvalue weighted by Crippen LogP contribution is 2.45. The van der Waals surface area contributed by atoms with Crippen molar-refractivity contribution in [3.8, 4) is 5.75 Å². The molecule has 2 saturated heterocycles. The van der Waals surface area contributed by atoms with E-state index in [-0.39, 0.29) is 17.0 Å². The first-order chi connectivity index (χ1) is 18.4. The third-order valence-electron chi connectivity index (χ3n) is 8.28. The number of ketones is 1. The molecule has 0 amide bonds. The molecule has 3 aliphatic rings. The summed E-state index contributed by atoms with van der Waals surface area (Å²) in [4.78, 5) is 31.2. The maximum Gasteiger partial charge on any atom is 0.200 e. The van der Waals surface area contributed by atoms with E-state index in [1.165, 1.54) is 19.3 Å². The summed E-state index contributed by atoms with van der Waals surface area (Å²) in [7, 11) is 3.67. The van der Waals surface area contributed by atoms with Crippen molar-refractivity contribution < 1.29 is 13.9 Å². The summed E-state index contributed by atoms with van der Waals surface area (Å²) in [5.74, 6) is -0.0552. The highest BCUT2D eigenvalue weighted by molar-refractivity contribution is 6.30. The van der Waals surface area contributed by atoms with Crippen LogP contribution in [0.2, 0.25) is 5.02 Å². The number of rotatable bonds is 6. The standard InChI is InChI=1S/C30H31ClFN3O3/c1-33-13-3-4-19-15-34(17-25(19)33)28-24(32)14-22-27(30(28)38-2)35(21-10-11-21)16-23(29(22)37)26(36)12-7-18-5-8-20(31)9-6-18/h5-9,12,14,16,19,21,25H,3-4,10-11,13,15,17H2,1-2H3/b12-7+. The van der Waals surface area contributed by atoms with Crippen LogP contribution in [0.15, 0.2) is 47.4 Å². The summed E-state index contributed by atoms with van der Waals surface area (Å²) in [6, 6.07) is 8.89. The maximum absolute atomic E-state index is 15.9. The van der Waals surface area contributed by atoms with E-state index in [4.69, 9.17) is 16.3 Å². The summed E-state index contributed by atoms with van der Waals surface area (Å²) in [6.45, 7) is 2.53. The highest BCUT2D eigenvalue weighted by atomic mass is 35.5. The Bertz CT molecular complexity index is 1500. The molecule has 2 unspecified atom stereocenters. The highest BCUT2D eigenvalue weighted by Gasteiger charge is 2.40. The number of anilines is 1. The summed E-state index contributed by atoms with van der Waals surface area (Å²) in [5.41, 5.74) is 1.32. The molecule has 0 radical (unpaired) electrons. The van der Waals surface area contributed by atoms with E-state index in [9.17, 15) is 9.59 Å². The molecule has 2 aliphatic heterocycles. The number of halogens is 2. The number of piperidine rings is 1. The summed E-state index contributed by atoms with van der Waals surface area (Å²) in [5, 5.41) is 0.778. The number of fused-ring (bicyclic) bond motifs is 2. The van der Waals surface area contributed by atoms with Crippen molar-refractivity contribution in [2.75, 3.05) is 38.7 Å². The fourth-order valence-electron chi connectivity index (χ4n) is 6.17. The van der Waals surface area contributed by atoms with E-state index in [1.807, 2.05) is 4.57 Å². The van der Waals surface area contributed by atoms with Gasteiger partial charge in [-0.15, -0.1) is 0 Å². The molecule has 3 heterocycles. The molecule has 6 rings (SSSR count). The van der Waals surface area contributed by atoms with Gasteiger partial charge in [0.1, 0.15) is 5.69 Å². The number of benzene rings is 2. The second-order valence-electron chi connectivity index (χ2n) is 10.8. The number of likely N-dealkylation sites (N-methyl/N-ethyl adjacent to an activating group) is 1. The molecule has 0 bridgehead atoms. The molecule has 3 fully saturated rings. The zero-order valence-corrected chi connectivity index (χ0v) is 22.4. The van der Waals surface area contributed by atoms with Crippen LogP contribution in [0.25, 0.3) is 17.0 Å². The van der Waals surface area contributed by atoms with E-state index in [1.54, 1.807) is 36.5 Å². The molecule has 6 nitrogen and oxygen atoms in total. The number of aromatic nitrogens is 1. The molecule has 38 heavy (non-hydrogen) atoms. The Labute approximate surface area is 226 Å². The first-order valence-corrected chi connectivity index (χ1v) is 13.6. The monoisotopic (exact) mass is 535 g/mol. The Morgan fingerprint density at radius 3 is 2.61 bits per heavy atom. The van der Waals surface area contributed by atoms with Gasteiger partial charge < -0.3 is 19.1 Å². The molecule has 2 atom stereocenters. The van der Waals surface area contributed by atoms with Gasteiger partial charge in [-0.1, -0.05) is 29.8 Å². The van der Waals surface area contributed by atoms with Crippen LogP contribution in [0, 0.1) is 11.7 Å². The van der Waals surface area contributed by atoms with E-state index < -0.39 is 17.0 Å². The van der Waals surface area contributed by atoms with Gasteiger partial charge in [-0.2, -0.15) is 0 Å². The average molecular weight is 536 g/mol. The lowest BCUT2D eigenvalue weighted by atomic mass is 9.93. The van der Waals surface area contributed by atoms with Gasteiger partial charge in [-0.3, -0.25) is 9.59 Å². The second kappa shape index (κ2) is 9.86. The Kier molecular flexibility index (Phi) is 6.52. The van der Waals surface area contributed by atoms with E-state index >= 15 is 4.39 Å². The number of hydrogen-bond donors (Lipinski definition) is 0. The third-order valence-corrected chi connectivity index (χ3v) is 8.53. The van der Waals surface area contributed by atoms with E-state index in [2.05, 4.69) is 16.8 Å². The summed E-state index contributed by atoms with van der Waals surface area (Å²) < 4.78 is 23.7. The molecule has 1 saturated carbocycles. The van der Waals surface area contributed by atoms with Crippen LogP contribution in [0.5, 0.6) is 5.75 Å². The van der Waals surface area contributed by atoms with Gasteiger partial charge in [0.15, 0.2) is 17.3 Å². The van der Waals surface area contributed by atoms with Crippen LogP contribution in [0.3, 0.4) is 0 Å². The van der Waals surface area contributed by atoms with Crippen molar-refractivity contribution in [2.24, 2.45) is 5.92 Å². The lowest BCUT2D eigenvalue weighted by molar-refractivity contribution is 0.104. The predicted octanol–water partition coefficient (Wildman–Crippen LogP) is 5.56. The molecule has 198 valence electrons. The fourth-order valence-corrected chi connectivity index (χ4v) is 6.30. The zero-order chi connectivity index (χ0) is 26.6. The minimum absolute atomic E-state index is 0.0256. The van der Waals surface area contributed by atoms with Crippen LogP contribution in [0.1, 0.15) is 47.6 Å². The molecule has 1 aliphatic carbocycles. The predicted molar refractivity (Wildman–Crippen MR) is 149 cm³/mol. The molecular weight excluding hydrogens is 505 g/mol. The normalized spacial score (nSPS) is 21.8. The maximum atomic E-state index is 15.9. The summed E-state index contributed by atoms with van der Waals surface area (Å²) in [6.07, 6.45) is 8.81. The second-order valence-corrected chi connectivity index (χ2v) is 11.2. The molecule has 8 heteroatoms. The SMILES string of the molecule is COc1c(N2CC3CCCN(C)C3C2)c(F)cc2c(=O)c(C(=O)/C=C/c3ccc(Cl)cc3)cn(C3CC3)c12. The van der Waals surface area contributed by atoms with Gasteiger partial charge in [0, 0.05) is 36.4 Å². The van der Waals surface area contributed by atoms with Crippen molar-refractivity contribution in [2.45, 2.75) is 37.8 Å². The molecule has 0 spiro atoms. The molecule has 1 aromatic heterocycles. The third kappa shape index (κ3) is 4.41. The van der Waals surface area contributed by atoms with E-state index in [0.29, 0.717) is 33.9 Å². The number of carbonyl (C=O) groups is 1. The number of allylic oxidation sites excluding steroid dienone is 1. The van der Waals surface area contributed by atoms with Crippen LogP contribution in [-0.4, -0.2) is 55.1 Å². The lowest BCUT2D eigenvalue weighted by Crippen LogP contribution is -2.42. The van der Waals surface area contributed by atoms with Gasteiger partial charge in [-0.25, -0.2) is 4.39 Å². The Balaban J connectivity index is 1.44. The average Bonchev–Trinajstić information content (AvgIpc) is 3.66. The number of likely N-dealkylation sites (tertiary alicyclic amines) is 1. The number of hydrogen-bond acceptors (Lipinski definition) is 5. The Morgan fingerprint density at radius 2 is 1.92 bits per heavy atom. The van der Waals surface area contributed by atoms with Crippen molar-refractivity contribution in [3.63, 3.8) is 0 Å². The van der Waals surface area contributed by atoms with Crippen LogP contribution in [-0.2, 0) is 0 Å². The van der Waals surface area contributed by atoms with Crippen LogP contribution < -0.4 is 15.1 Å². The van der Waals surface area contributed by atoms with Crippen LogP contribution in [0.4, 0.5) is 10.1 Å². The molecular formula is C30H31ClFN3O3. The Morgan fingerprint density at radius 1 is 1.16 bits per heavy atom. The number of carbonyl (C=O) groups excluding carboxylic acids is 1. The molecule has 0 N–H and O–H groups in total. The molecule has 2 aromatic carbocycles. The van der Waals surface area contributed by atoms with Gasteiger partial charge in [0.05, 0.1) is 23.6 Å². The number of methoxy groups -OCH3 is 1. The lowest BCUT2D eigenvalue weighted by Gasteiger charge is -2.33. The van der Waals surface area contributed by atoms with Crippen LogP contribution >= 0.6 is 11.6 Å². The Hall–Kier alpha value is -3.16. The number of nitrogens with zero attached hydrogens (tertiary/aromatic N) is 3. The molecule has 3 aromatic rings. The quantitative estimate of drug-likeness (QED) is 0.305. The van der Waals surface area contributed by atoms with Gasteiger partial charge >= 0.3 is 0 Å². The van der Waals surface area contributed by atoms with Gasteiger partial charge in [-0.05, 0) is 75.0 Å². The zero-order valence-electron chi connectivity index (χ0n) is 21.6. The first kappa shape index (κ1) is 25.1. The minimum Gasteiger partial charge on any atom is -0.492 e. The van der Waals surface area contributed by atoms with Crippen molar-refractivity contribution in [3.05, 3.63) is 74.8 Å². The smallest absolute Gasteiger partial charge is 0.200 e. The van der Waals surface area contributed by atoms with Gasteiger partial charge in [0.2, 0.25) is 5.43 Å². The van der Waals surface area contributed by atoms with Gasteiger partial charge in [0.25, 0.3) is 0 Å². The van der Waals surface area contributed by atoms with Crippen molar-refractivity contribution in [1.29, 1.82) is 0 Å². The number of pyridine rings is 1. The topological polar surface area (TPSA) is 54.8 Å². The fraction of sp³-hybridized carbons (Fsp3) is 0.400. The van der Waals surface area contributed by atoms with Crippen molar-refractivity contribution >= 4 is 40.1 Å². The number of ether oxygens (including phenoxy) is 1. The van der Waals surface area contributed by atoms with Crippen molar-refractivity contribution in [1.82, 2.24) is 9.47 Å². The summed E-state index contributed by atoms with van der Waals surface area (Å²) >= 11 is 5.95. The minimum atomic E-state index is -0.489.